The summed E-state index contributed by atoms with van der Waals surface area (Å²) in [6.07, 6.45) is 5.23. The van der Waals surface area contributed by atoms with Gasteiger partial charge in [0.25, 0.3) is 0 Å². The van der Waals surface area contributed by atoms with E-state index >= 15 is 0 Å². The highest BCUT2D eigenvalue weighted by Gasteiger charge is 2.46. The molecule has 2 fully saturated rings. The molecule has 1 saturated carbocycles. The van der Waals surface area contributed by atoms with Gasteiger partial charge >= 0.3 is 0 Å². The summed E-state index contributed by atoms with van der Waals surface area (Å²) >= 11 is 0. The molecule has 0 aromatic heterocycles. The monoisotopic (exact) mass is 236 g/mol. The highest BCUT2D eigenvalue weighted by atomic mass is 16.7. The van der Waals surface area contributed by atoms with Gasteiger partial charge in [-0.3, -0.25) is 0 Å². The van der Waals surface area contributed by atoms with E-state index in [9.17, 15) is 0 Å². The lowest BCUT2D eigenvalue weighted by atomic mass is 9.58. The summed E-state index contributed by atoms with van der Waals surface area (Å²) in [5.41, 5.74) is 1.59. The van der Waals surface area contributed by atoms with E-state index in [1.807, 2.05) is 0 Å². The van der Waals surface area contributed by atoms with Crippen LogP contribution in [-0.2, 0) is 9.47 Å². The summed E-state index contributed by atoms with van der Waals surface area (Å²) in [6, 6.07) is 0. The van der Waals surface area contributed by atoms with Crippen molar-refractivity contribution in [2.45, 2.75) is 39.9 Å². The molecule has 0 aromatic carbocycles. The van der Waals surface area contributed by atoms with Crippen LogP contribution < -0.4 is 0 Å². The molecular formula is C15H24O2. The van der Waals surface area contributed by atoms with Crippen molar-refractivity contribution >= 4 is 0 Å². The van der Waals surface area contributed by atoms with Crippen LogP contribution >= 0.6 is 0 Å². The van der Waals surface area contributed by atoms with Crippen LogP contribution in [0.3, 0.4) is 0 Å². The van der Waals surface area contributed by atoms with Crippen molar-refractivity contribution in [2.24, 2.45) is 29.6 Å². The van der Waals surface area contributed by atoms with Crippen LogP contribution in [0.25, 0.3) is 0 Å². The summed E-state index contributed by atoms with van der Waals surface area (Å²) in [5.74, 6) is 3.76. The van der Waals surface area contributed by atoms with Gasteiger partial charge in [0.2, 0.25) is 0 Å². The SMILES string of the molecule is CC1=CC2CC(C3OCCO3)C1CC2C(C)C. The van der Waals surface area contributed by atoms with Crippen molar-refractivity contribution in [1.82, 2.24) is 0 Å². The van der Waals surface area contributed by atoms with Crippen molar-refractivity contribution < 1.29 is 9.47 Å². The Kier molecular flexibility index (Phi) is 3.04. The molecule has 4 unspecified atom stereocenters. The first-order valence-electron chi connectivity index (χ1n) is 7.08. The molecule has 0 aromatic rings. The second-order valence-electron chi connectivity index (χ2n) is 6.33. The number of hydrogen-bond acceptors (Lipinski definition) is 2. The fourth-order valence-electron chi connectivity index (χ4n) is 4.16. The fourth-order valence-corrected chi connectivity index (χ4v) is 4.16. The molecule has 2 bridgehead atoms. The van der Waals surface area contributed by atoms with E-state index in [1.54, 1.807) is 5.57 Å². The Morgan fingerprint density at radius 1 is 1.18 bits per heavy atom. The van der Waals surface area contributed by atoms with E-state index in [2.05, 4.69) is 26.8 Å². The van der Waals surface area contributed by atoms with E-state index in [-0.39, 0.29) is 6.29 Å². The van der Waals surface area contributed by atoms with Crippen LogP contribution in [-0.4, -0.2) is 19.5 Å². The van der Waals surface area contributed by atoms with Gasteiger partial charge in [0, 0.05) is 5.92 Å². The average molecular weight is 236 g/mol. The Morgan fingerprint density at radius 3 is 2.47 bits per heavy atom. The maximum absolute atomic E-state index is 5.74. The maximum Gasteiger partial charge on any atom is 0.161 e. The Balaban J connectivity index is 1.78. The van der Waals surface area contributed by atoms with Crippen molar-refractivity contribution in [3.05, 3.63) is 11.6 Å². The van der Waals surface area contributed by atoms with Gasteiger partial charge in [-0.25, -0.2) is 0 Å². The van der Waals surface area contributed by atoms with Crippen LogP contribution in [0.2, 0.25) is 0 Å². The quantitative estimate of drug-likeness (QED) is 0.685. The predicted octanol–water partition coefficient (Wildman–Crippen LogP) is 3.23. The maximum atomic E-state index is 5.74. The van der Waals surface area contributed by atoms with Crippen molar-refractivity contribution in [1.29, 1.82) is 0 Å². The molecule has 0 N–H and O–H groups in total. The molecule has 17 heavy (non-hydrogen) atoms. The van der Waals surface area contributed by atoms with Gasteiger partial charge in [0.05, 0.1) is 13.2 Å². The fraction of sp³-hybridized carbons (Fsp3) is 0.867. The van der Waals surface area contributed by atoms with Crippen LogP contribution in [0.4, 0.5) is 0 Å². The highest BCUT2D eigenvalue weighted by molar-refractivity contribution is 5.18. The van der Waals surface area contributed by atoms with Gasteiger partial charge in [-0.2, -0.15) is 0 Å². The van der Waals surface area contributed by atoms with E-state index in [0.717, 1.165) is 31.0 Å². The summed E-state index contributed by atoms with van der Waals surface area (Å²) in [7, 11) is 0. The Hall–Kier alpha value is -0.340. The van der Waals surface area contributed by atoms with Gasteiger partial charge in [0.15, 0.2) is 6.29 Å². The summed E-state index contributed by atoms with van der Waals surface area (Å²) in [4.78, 5) is 0. The molecule has 4 atom stereocenters. The molecule has 0 spiro atoms. The highest BCUT2D eigenvalue weighted by Crippen LogP contribution is 2.51. The molecule has 4 aliphatic rings. The largest absolute Gasteiger partial charge is 0.350 e. The Morgan fingerprint density at radius 2 is 1.88 bits per heavy atom. The third-order valence-corrected chi connectivity index (χ3v) is 5.05. The predicted molar refractivity (Wildman–Crippen MR) is 67.5 cm³/mol. The van der Waals surface area contributed by atoms with E-state index in [0.29, 0.717) is 11.8 Å². The molecule has 2 nitrogen and oxygen atoms in total. The minimum atomic E-state index is 0.0827. The molecular weight excluding hydrogens is 212 g/mol. The van der Waals surface area contributed by atoms with Gasteiger partial charge in [-0.15, -0.1) is 0 Å². The van der Waals surface area contributed by atoms with Gasteiger partial charge in [-0.1, -0.05) is 25.5 Å². The van der Waals surface area contributed by atoms with Crippen molar-refractivity contribution in [3.8, 4) is 0 Å². The zero-order valence-electron chi connectivity index (χ0n) is 11.2. The van der Waals surface area contributed by atoms with Gasteiger partial charge in [0.1, 0.15) is 0 Å². The van der Waals surface area contributed by atoms with Crippen LogP contribution in [0.5, 0.6) is 0 Å². The number of ether oxygens (including phenoxy) is 2. The second-order valence-corrected chi connectivity index (χ2v) is 6.33. The lowest BCUT2D eigenvalue weighted by molar-refractivity contribution is -0.119. The second kappa shape index (κ2) is 4.40. The average Bonchev–Trinajstić information content (AvgIpc) is 2.81. The molecule has 1 aliphatic heterocycles. The Bertz CT molecular complexity index is 315. The minimum Gasteiger partial charge on any atom is -0.350 e. The zero-order chi connectivity index (χ0) is 12.0. The number of allylic oxidation sites excluding steroid dienone is 2. The number of fused-ring (bicyclic) bond motifs is 2. The lowest BCUT2D eigenvalue weighted by Crippen LogP contribution is -2.43. The number of rotatable bonds is 2. The van der Waals surface area contributed by atoms with Crippen LogP contribution in [0.15, 0.2) is 11.6 Å². The zero-order valence-corrected chi connectivity index (χ0v) is 11.2. The van der Waals surface area contributed by atoms with Gasteiger partial charge in [-0.05, 0) is 43.4 Å². The van der Waals surface area contributed by atoms with Crippen LogP contribution in [0.1, 0.15) is 33.6 Å². The molecule has 1 heterocycles. The summed E-state index contributed by atoms with van der Waals surface area (Å²) in [5, 5.41) is 0. The summed E-state index contributed by atoms with van der Waals surface area (Å²) in [6.45, 7) is 8.61. The molecule has 96 valence electrons. The minimum absolute atomic E-state index is 0.0827. The summed E-state index contributed by atoms with van der Waals surface area (Å²) < 4.78 is 11.5. The normalized spacial score (nSPS) is 42.2. The van der Waals surface area contributed by atoms with Crippen molar-refractivity contribution in [3.63, 3.8) is 0 Å². The molecule has 3 aliphatic carbocycles. The molecule has 0 amide bonds. The number of hydrogen-bond donors (Lipinski definition) is 0. The topological polar surface area (TPSA) is 18.5 Å². The van der Waals surface area contributed by atoms with E-state index in [4.69, 9.17) is 9.47 Å². The van der Waals surface area contributed by atoms with E-state index in [1.165, 1.54) is 12.8 Å². The molecule has 2 heteroatoms. The van der Waals surface area contributed by atoms with Crippen LogP contribution in [0, 0.1) is 29.6 Å². The third-order valence-electron chi connectivity index (χ3n) is 5.05. The van der Waals surface area contributed by atoms with E-state index < -0.39 is 0 Å². The first-order chi connectivity index (χ1) is 8.16. The third kappa shape index (κ3) is 1.96. The first-order valence-corrected chi connectivity index (χ1v) is 7.08. The smallest absolute Gasteiger partial charge is 0.161 e. The molecule has 0 radical (unpaired) electrons. The Labute approximate surface area is 104 Å². The van der Waals surface area contributed by atoms with Crippen molar-refractivity contribution in [2.75, 3.05) is 13.2 Å². The lowest BCUT2D eigenvalue weighted by Gasteiger charge is -2.48. The standard InChI is InChI=1S/C15H24O2/c1-9(2)12-8-13-10(3)6-11(12)7-14(13)15-16-4-5-17-15/h6,9,11-15H,4-5,7-8H2,1-3H3. The molecule has 1 saturated heterocycles. The first kappa shape index (κ1) is 11.7. The molecule has 4 rings (SSSR count). The van der Waals surface area contributed by atoms with Gasteiger partial charge < -0.3 is 9.47 Å².